The van der Waals surface area contributed by atoms with E-state index in [9.17, 15) is 4.79 Å². The van der Waals surface area contributed by atoms with Gasteiger partial charge in [0.25, 0.3) is 5.78 Å². The number of hydrogen-bond acceptors (Lipinski definition) is 4. The van der Waals surface area contributed by atoms with Crippen molar-refractivity contribution in [2.45, 2.75) is 46.6 Å². The Labute approximate surface area is 167 Å². The first-order chi connectivity index (χ1) is 12.8. The van der Waals surface area contributed by atoms with E-state index < -0.39 is 0 Å². The number of amides is 1. The van der Waals surface area contributed by atoms with Crippen LogP contribution in [0.5, 0.6) is 0 Å². The summed E-state index contributed by atoms with van der Waals surface area (Å²) in [6, 6.07) is 5.33. The number of nitrogens with one attached hydrogen (secondary N) is 1. The second kappa shape index (κ2) is 7.82. The van der Waals surface area contributed by atoms with Crippen LogP contribution in [0.2, 0.25) is 10.0 Å². The van der Waals surface area contributed by atoms with Crippen LogP contribution in [-0.2, 0) is 11.2 Å². The molecule has 0 saturated carbocycles. The van der Waals surface area contributed by atoms with E-state index >= 15 is 0 Å². The molecule has 3 rings (SSSR count). The van der Waals surface area contributed by atoms with Crippen molar-refractivity contribution in [3.63, 3.8) is 0 Å². The molecular formula is C19H21Cl2N5O. The molecule has 142 valence electrons. The number of hydrogen-bond donors (Lipinski definition) is 1. The maximum absolute atomic E-state index is 12.0. The summed E-state index contributed by atoms with van der Waals surface area (Å²) in [6.07, 6.45) is 0.994. The molecule has 0 bridgehead atoms. The first-order valence-electron chi connectivity index (χ1n) is 8.74. The van der Waals surface area contributed by atoms with E-state index in [2.05, 4.69) is 20.4 Å². The molecule has 0 atom stereocenters. The lowest BCUT2D eigenvalue weighted by molar-refractivity contribution is -0.121. The quantitative estimate of drug-likeness (QED) is 0.690. The monoisotopic (exact) mass is 405 g/mol. The molecule has 0 spiro atoms. The van der Waals surface area contributed by atoms with Crippen molar-refractivity contribution in [2.75, 3.05) is 0 Å². The fraction of sp³-hybridized carbons (Fsp3) is 0.368. The van der Waals surface area contributed by atoms with Gasteiger partial charge in [-0.05, 0) is 57.9 Å². The highest BCUT2D eigenvalue weighted by atomic mass is 35.5. The topological polar surface area (TPSA) is 72.2 Å². The fourth-order valence-corrected chi connectivity index (χ4v) is 3.48. The van der Waals surface area contributed by atoms with Crippen LogP contribution in [0.4, 0.5) is 0 Å². The van der Waals surface area contributed by atoms with E-state index in [1.165, 1.54) is 0 Å². The largest absolute Gasteiger partial charge is 0.354 e. The molecule has 2 heterocycles. The van der Waals surface area contributed by atoms with Crippen LogP contribution in [0.3, 0.4) is 0 Å². The molecular weight excluding hydrogens is 385 g/mol. The molecule has 6 nitrogen and oxygen atoms in total. The van der Waals surface area contributed by atoms with Crippen LogP contribution in [0.15, 0.2) is 18.2 Å². The van der Waals surface area contributed by atoms with Gasteiger partial charge in [-0.2, -0.15) is 4.98 Å². The van der Waals surface area contributed by atoms with Crippen LogP contribution in [0.25, 0.3) is 17.2 Å². The predicted octanol–water partition coefficient (Wildman–Crippen LogP) is 4.17. The zero-order valence-corrected chi connectivity index (χ0v) is 17.2. The molecule has 2 aromatic heterocycles. The Bertz CT molecular complexity index is 1010. The molecule has 0 aliphatic carbocycles. The number of fused-ring (bicyclic) bond motifs is 1. The zero-order valence-electron chi connectivity index (χ0n) is 15.7. The van der Waals surface area contributed by atoms with E-state index in [0.717, 1.165) is 17.0 Å². The summed E-state index contributed by atoms with van der Waals surface area (Å²) in [7, 11) is 0. The van der Waals surface area contributed by atoms with E-state index in [1.54, 1.807) is 22.7 Å². The van der Waals surface area contributed by atoms with E-state index in [4.69, 9.17) is 23.2 Å². The average molecular weight is 406 g/mol. The minimum Gasteiger partial charge on any atom is -0.354 e. The van der Waals surface area contributed by atoms with Gasteiger partial charge in [0.05, 0.1) is 5.02 Å². The second-order valence-corrected chi connectivity index (χ2v) is 7.60. The van der Waals surface area contributed by atoms with Crippen molar-refractivity contribution in [3.8, 4) is 11.4 Å². The number of rotatable bonds is 5. The lowest BCUT2D eigenvalue weighted by Gasteiger charge is -2.11. The lowest BCUT2D eigenvalue weighted by Crippen LogP contribution is -2.30. The van der Waals surface area contributed by atoms with Gasteiger partial charge in [-0.15, -0.1) is 5.10 Å². The molecule has 27 heavy (non-hydrogen) atoms. The second-order valence-electron chi connectivity index (χ2n) is 6.75. The van der Waals surface area contributed by atoms with E-state index in [0.29, 0.717) is 40.1 Å². The first kappa shape index (κ1) is 19.6. The normalized spacial score (nSPS) is 11.4. The van der Waals surface area contributed by atoms with Gasteiger partial charge < -0.3 is 5.32 Å². The van der Waals surface area contributed by atoms with Gasteiger partial charge in [-0.3, -0.25) is 4.79 Å². The highest BCUT2D eigenvalue weighted by Gasteiger charge is 2.17. The Morgan fingerprint density at radius 2 is 1.96 bits per heavy atom. The van der Waals surface area contributed by atoms with Gasteiger partial charge in [0.15, 0.2) is 5.82 Å². The molecule has 3 aromatic rings. The lowest BCUT2D eigenvalue weighted by atomic mass is 10.1. The summed E-state index contributed by atoms with van der Waals surface area (Å²) in [6.45, 7) is 7.77. The van der Waals surface area contributed by atoms with Crippen LogP contribution in [-0.4, -0.2) is 31.5 Å². The third-order valence-corrected chi connectivity index (χ3v) is 4.82. The van der Waals surface area contributed by atoms with E-state index in [1.807, 2.05) is 27.7 Å². The average Bonchev–Trinajstić information content (AvgIpc) is 2.97. The number of carbonyl (C=O) groups is 1. The standard InChI is InChI=1S/C19H21Cl2N5O/c1-10(2)22-17(27)8-7-14-11(3)23-19-24-18(25-26(19)12(14)4)15-6-5-13(20)9-16(15)21/h5-6,9-10H,7-8H2,1-4H3,(H,22,27). The highest BCUT2D eigenvalue weighted by Crippen LogP contribution is 2.29. The third kappa shape index (κ3) is 4.22. The van der Waals surface area contributed by atoms with Crippen molar-refractivity contribution in [2.24, 2.45) is 0 Å². The maximum Gasteiger partial charge on any atom is 0.253 e. The maximum atomic E-state index is 12.0. The van der Waals surface area contributed by atoms with Gasteiger partial charge >= 0.3 is 0 Å². The van der Waals surface area contributed by atoms with Crippen LogP contribution >= 0.6 is 23.2 Å². The molecule has 1 amide bonds. The van der Waals surface area contributed by atoms with Crippen molar-refractivity contribution in [1.29, 1.82) is 0 Å². The van der Waals surface area contributed by atoms with Crippen LogP contribution in [0, 0.1) is 13.8 Å². The predicted molar refractivity (Wildman–Crippen MR) is 107 cm³/mol. The van der Waals surface area contributed by atoms with E-state index in [-0.39, 0.29) is 11.9 Å². The van der Waals surface area contributed by atoms with Gasteiger partial charge in [-0.1, -0.05) is 23.2 Å². The summed E-state index contributed by atoms with van der Waals surface area (Å²) in [5, 5.41) is 8.51. The number of aromatic nitrogens is 4. The number of benzene rings is 1. The Kier molecular flexibility index (Phi) is 5.67. The Morgan fingerprint density at radius 1 is 1.22 bits per heavy atom. The number of nitrogens with zero attached hydrogens (tertiary/aromatic N) is 4. The van der Waals surface area contributed by atoms with Gasteiger partial charge in [0, 0.05) is 34.4 Å². The highest BCUT2D eigenvalue weighted by molar-refractivity contribution is 6.36. The van der Waals surface area contributed by atoms with Gasteiger partial charge in [0.1, 0.15) is 0 Å². The minimum absolute atomic E-state index is 0.0242. The smallest absolute Gasteiger partial charge is 0.253 e. The molecule has 0 saturated heterocycles. The van der Waals surface area contributed by atoms with Crippen LogP contribution < -0.4 is 5.32 Å². The summed E-state index contributed by atoms with van der Waals surface area (Å²) >= 11 is 12.2. The molecule has 0 fully saturated rings. The van der Waals surface area contributed by atoms with Crippen molar-refractivity contribution in [1.82, 2.24) is 24.9 Å². The SMILES string of the molecule is Cc1nc2nc(-c3ccc(Cl)cc3Cl)nn2c(C)c1CCC(=O)NC(C)C. The molecule has 8 heteroatoms. The molecule has 1 aromatic carbocycles. The Morgan fingerprint density at radius 3 is 2.63 bits per heavy atom. The van der Waals surface area contributed by atoms with Gasteiger partial charge in [0.2, 0.25) is 5.91 Å². The number of halogens is 2. The third-order valence-electron chi connectivity index (χ3n) is 4.27. The van der Waals surface area contributed by atoms with Crippen molar-refractivity contribution >= 4 is 34.9 Å². The molecule has 0 radical (unpaired) electrons. The summed E-state index contributed by atoms with van der Waals surface area (Å²) < 4.78 is 1.70. The first-order valence-corrected chi connectivity index (χ1v) is 9.49. The molecule has 0 aliphatic heterocycles. The Hall–Kier alpha value is -2.18. The Balaban J connectivity index is 1.95. The number of aryl methyl sites for hydroxylation is 2. The number of carbonyl (C=O) groups excluding carboxylic acids is 1. The van der Waals surface area contributed by atoms with Crippen LogP contribution in [0.1, 0.15) is 37.2 Å². The summed E-state index contributed by atoms with van der Waals surface area (Å²) in [5.74, 6) is 1.01. The zero-order chi connectivity index (χ0) is 19.7. The molecule has 1 N–H and O–H groups in total. The molecule has 0 unspecified atom stereocenters. The summed E-state index contributed by atoms with van der Waals surface area (Å²) in [5.41, 5.74) is 3.46. The fourth-order valence-electron chi connectivity index (χ4n) is 2.99. The van der Waals surface area contributed by atoms with Crippen molar-refractivity contribution in [3.05, 3.63) is 45.2 Å². The minimum atomic E-state index is 0.0242. The van der Waals surface area contributed by atoms with Crippen molar-refractivity contribution < 1.29 is 4.79 Å². The molecule has 0 aliphatic rings. The summed E-state index contributed by atoms with van der Waals surface area (Å²) in [4.78, 5) is 21.0. The van der Waals surface area contributed by atoms with Gasteiger partial charge in [-0.25, -0.2) is 9.50 Å².